The maximum absolute atomic E-state index is 2.50. The maximum Gasteiger partial charge on any atom is -0.0300 e. The molecule has 1 unspecified atom stereocenters. The van der Waals surface area contributed by atoms with Gasteiger partial charge >= 0.3 is 0 Å². The van der Waals surface area contributed by atoms with Crippen molar-refractivity contribution in [2.75, 3.05) is 0 Å². The molecule has 0 N–H and O–H groups in total. The van der Waals surface area contributed by atoms with E-state index in [0.717, 1.165) is 16.7 Å². The van der Waals surface area contributed by atoms with E-state index in [9.17, 15) is 0 Å². The third-order valence-electron chi connectivity index (χ3n) is 4.59. The molecule has 1 atom stereocenters. The van der Waals surface area contributed by atoms with E-state index < -0.39 is 0 Å². The van der Waals surface area contributed by atoms with Crippen LogP contribution in [0, 0.1) is 16.7 Å². The van der Waals surface area contributed by atoms with Gasteiger partial charge in [0.15, 0.2) is 0 Å². The Morgan fingerprint density at radius 1 is 1.00 bits per heavy atom. The molecule has 64 valence electrons. The lowest BCUT2D eigenvalue weighted by atomic mass is 9.51. The molecule has 2 bridgehead atoms. The Bertz CT molecular complexity index is 161. The van der Waals surface area contributed by atoms with Crippen molar-refractivity contribution < 1.29 is 0 Å². The van der Waals surface area contributed by atoms with E-state index in [0.29, 0.717) is 0 Å². The molecule has 3 rings (SSSR count). The van der Waals surface area contributed by atoms with Crippen LogP contribution in [-0.4, -0.2) is 0 Å². The van der Waals surface area contributed by atoms with Crippen LogP contribution in [0.4, 0.5) is 0 Å². The maximum atomic E-state index is 2.50. The van der Waals surface area contributed by atoms with Gasteiger partial charge in [0.2, 0.25) is 0 Å². The first-order chi connectivity index (χ1) is 5.04. The smallest absolute Gasteiger partial charge is 0.0300 e. The van der Waals surface area contributed by atoms with Crippen LogP contribution in [0.5, 0.6) is 0 Å². The second-order valence-corrected chi connectivity index (χ2v) is 5.57. The summed E-state index contributed by atoms with van der Waals surface area (Å²) in [4.78, 5) is 0. The fraction of sp³-hybridized carbons (Fsp3) is 1.00. The van der Waals surface area contributed by atoms with Crippen molar-refractivity contribution in [2.45, 2.75) is 52.9 Å². The van der Waals surface area contributed by atoms with E-state index in [1.54, 1.807) is 0 Å². The van der Waals surface area contributed by atoms with Gasteiger partial charge < -0.3 is 0 Å². The van der Waals surface area contributed by atoms with Crippen molar-refractivity contribution in [3.63, 3.8) is 0 Å². The van der Waals surface area contributed by atoms with Gasteiger partial charge in [-0.3, -0.25) is 0 Å². The molecule has 0 amide bonds. The summed E-state index contributed by atoms with van der Waals surface area (Å²) in [6, 6.07) is 0. The van der Waals surface area contributed by atoms with E-state index in [4.69, 9.17) is 0 Å². The fourth-order valence-corrected chi connectivity index (χ4v) is 3.11. The molecule has 0 saturated heterocycles. The Labute approximate surface area is 70.4 Å². The second kappa shape index (κ2) is 2.02. The van der Waals surface area contributed by atoms with Crippen LogP contribution < -0.4 is 0 Å². The van der Waals surface area contributed by atoms with Gasteiger partial charge in [0.05, 0.1) is 0 Å². The molecule has 0 spiro atoms. The first-order valence-corrected chi connectivity index (χ1v) is 5.04. The van der Waals surface area contributed by atoms with Crippen LogP contribution in [-0.2, 0) is 0 Å². The lowest BCUT2D eigenvalue weighted by Gasteiger charge is -2.54. The van der Waals surface area contributed by atoms with Crippen molar-refractivity contribution >= 4 is 0 Å². The summed E-state index contributed by atoms with van der Waals surface area (Å²) in [5, 5.41) is 0. The number of fused-ring (bicyclic) bond motifs is 3. The van der Waals surface area contributed by atoms with Gasteiger partial charge in [0.1, 0.15) is 0 Å². The van der Waals surface area contributed by atoms with E-state index in [2.05, 4.69) is 20.8 Å². The minimum atomic E-state index is 0.720. The molecule has 0 heterocycles. The van der Waals surface area contributed by atoms with Crippen molar-refractivity contribution in [2.24, 2.45) is 16.7 Å². The summed E-state index contributed by atoms with van der Waals surface area (Å²) in [5.41, 5.74) is 1.45. The lowest BCUT2D eigenvalue weighted by molar-refractivity contribution is -0.0351. The molecular formula is C11H20. The molecule has 0 radical (unpaired) electrons. The minimum absolute atomic E-state index is 0.720. The number of hydrogen-bond donors (Lipinski definition) is 0. The molecule has 3 saturated carbocycles. The van der Waals surface area contributed by atoms with Crippen LogP contribution in [0.25, 0.3) is 0 Å². The quantitative estimate of drug-likeness (QED) is 0.497. The zero-order chi connectivity index (χ0) is 8.11. The third kappa shape index (κ3) is 1.02. The summed E-state index contributed by atoms with van der Waals surface area (Å²) in [6.45, 7) is 7.44. The predicted octanol–water partition coefficient (Wildman–Crippen LogP) is 3.61. The molecule has 3 fully saturated rings. The molecule has 0 nitrogen and oxygen atoms in total. The van der Waals surface area contributed by atoms with Crippen molar-refractivity contribution in [1.82, 2.24) is 0 Å². The molecule has 11 heavy (non-hydrogen) atoms. The average molecular weight is 152 g/mol. The highest BCUT2D eigenvalue weighted by atomic mass is 14.5. The largest absolute Gasteiger partial charge is 0.0620 e. The van der Waals surface area contributed by atoms with Crippen LogP contribution in [0.1, 0.15) is 52.9 Å². The highest BCUT2D eigenvalue weighted by molar-refractivity contribution is 4.98. The van der Waals surface area contributed by atoms with E-state index in [-0.39, 0.29) is 0 Å². The lowest BCUT2D eigenvalue weighted by Crippen LogP contribution is -2.43. The van der Waals surface area contributed by atoms with Gasteiger partial charge in [-0.25, -0.2) is 0 Å². The SMILES string of the molecule is CC1CC2(C)CCC1(C)CC2. The Balaban J connectivity index is 2.22. The molecule has 0 aliphatic heterocycles. The molecule has 0 aromatic carbocycles. The van der Waals surface area contributed by atoms with Crippen LogP contribution in [0.2, 0.25) is 0 Å². The van der Waals surface area contributed by atoms with Crippen LogP contribution in [0.3, 0.4) is 0 Å². The first-order valence-electron chi connectivity index (χ1n) is 5.04. The molecular weight excluding hydrogens is 132 g/mol. The minimum Gasteiger partial charge on any atom is -0.0620 e. The molecule has 0 heteroatoms. The van der Waals surface area contributed by atoms with Gasteiger partial charge in [-0.1, -0.05) is 20.8 Å². The van der Waals surface area contributed by atoms with Gasteiger partial charge in [0.25, 0.3) is 0 Å². The van der Waals surface area contributed by atoms with Crippen molar-refractivity contribution in [3.8, 4) is 0 Å². The normalized spacial score (nSPS) is 56.5. The van der Waals surface area contributed by atoms with Crippen molar-refractivity contribution in [3.05, 3.63) is 0 Å². The average Bonchev–Trinajstić information content (AvgIpc) is 1.94. The number of hydrogen-bond acceptors (Lipinski definition) is 0. The summed E-state index contributed by atoms with van der Waals surface area (Å²) in [6.07, 6.45) is 7.46. The van der Waals surface area contributed by atoms with Gasteiger partial charge in [-0.15, -0.1) is 0 Å². The topological polar surface area (TPSA) is 0 Å². The second-order valence-electron chi connectivity index (χ2n) is 5.57. The standard InChI is InChI=1S/C11H20/c1-9-8-10(2)4-6-11(9,3)7-5-10/h9H,4-8H2,1-3H3. The third-order valence-corrected chi connectivity index (χ3v) is 4.59. The van der Waals surface area contributed by atoms with Gasteiger partial charge in [0, 0.05) is 0 Å². The van der Waals surface area contributed by atoms with Crippen LogP contribution in [0.15, 0.2) is 0 Å². The highest BCUT2D eigenvalue weighted by Crippen LogP contribution is 2.58. The Kier molecular flexibility index (Phi) is 1.41. The monoisotopic (exact) mass is 152 g/mol. The highest BCUT2D eigenvalue weighted by Gasteiger charge is 2.47. The number of rotatable bonds is 0. The fourth-order valence-electron chi connectivity index (χ4n) is 3.11. The Morgan fingerprint density at radius 2 is 1.55 bits per heavy atom. The summed E-state index contributed by atoms with van der Waals surface area (Å²) < 4.78 is 0. The molecule has 3 aliphatic carbocycles. The summed E-state index contributed by atoms with van der Waals surface area (Å²) in [7, 11) is 0. The van der Waals surface area contributed by atoms with Crippen molar-refractivity contribution in [1.29, 1.82) is 0 Å². The van der Waals surface area contributed by atoms with Crippen LogP contribution >= 0.6 is 0 Å². The van der Waals surface area contributed by atoms with E-state index in [1.165, 1.54) is 32.1 Å². The van der Waals surface area contributed by atoms with Gasteiger partial charge in [-0.2, -0.15) is 0 Å². The zero-order valence-corrected chi connectivity index (χ0v) is 8.11. The predicted molar refractivity (Wildman–Crippen MR) is 48.5 cm³/mol. The molecule has 0 aromatic rings. The Morgan fingerprint density at radius 3 is 1.91 bits per heavy atom. The molecule has 3 aliphatic rings. The summed E-state index contributed by atoms with van der Waals surface area (Å²) >= 11 is 0. The first kappa shape index (κ1) is 7.64. The van der Waals surface area contributed by atoms with E-state index >= 15 is 0 Å². The van der Waals surface area contributed by atoms with E-state index in [1.807, 2.05) is 0 Å². The zero-order valence-electron chi connectivity index (χ0n) is 8.11. The Hall–Kier alpha value is 0. The van der Waals surface area contributed by atoms with Gasteiger partial charge in [-0.05, 0) is 48.9 Å². The summed E-state index contributed by atoms with van der Waals surface area (Å²) in [5.74, 6) is 0.981. The molecule has 0 aromatic heterocycles.